The van der Waals surface area contributed by atoms with E-state index in [-0.39, 0.29) is 20.2 Å². The summed E-state index contributed by atoms with van der Waals surface area (Å²) in [7, 11) is -0.145. The number of hydrogen-bond donors (Lipinski definition) is 0. The van der Waals surface area contributed by atoms with E-state index in [1.54, 1.807) is 0 Å². The highest BCUT2D eigenvalue weighted by Crippen LogP contribution is 2.44. The number of benzene rings is 2. The van der Waals surface area contributed by atoms with Crippen molar-refractivity contribution in [2.45, 2.75) is 46.2 Å². The van der Waals surface area contributed by atoms with Gasteiger partial charge < -0.3 is 0 Å². The molecule has 0 N–H and O–H groups in total. The molecule has 0 saturated heterocycles. The lowest BCUT2D eigenvalue weighted by Crippen LogP contribution is -2.33. The van der Waals surface area contributed by atoms with Gasteiger partial charge in [-0.15, -0.1) is 0 Å². The highest BCUT2D eigenvalue weighted by molar-refractivity contribution is 7.27. The van der Waals surface area contributed by atoms with Crippen LogP contribution in [0.1, 0.15) is 52.9 Å². The highest BCUT2D eigenvalue weighted by atomic mass is 31.1. The number of ketones is 1. The SMILES string of the molecule is Cc1cc(C)c(C(=O)C(CC(C)C)(P=O)c2ccccc2)c(C)c1. The molecule has 0 radical (unpaired) electrons. The van der Waals surface area contributed by atoms with E-state index in [1.807, 2.05) is 63.2 Å². The van der Waals surface area contributed by atoms with Crippen LogP contribution in [0.2, 0.25) is 0 Å². The van der Waals surface area contributed by atoms with Crippen molar-refractivity contribution in [2.24, 2.45) is 5.92 Å². The van der Waals surface area contributed by atoms with Gasteiger partial charge in [0.05, 0.1) is 0 Å². The number of hydrogen-bond acceptors (Lipinski definition) is 2. The minimum absolute atomic E-state index is 0.0472. The smallest absolute Gasteiger partial charge is 0.185 e. The van der Waals surface area contributed by atoms with E-state index in [0.717, 1.165) is 22.3 Å². The van der Waals surface area contributed by atoms with Gasteiger partial charge in [0.15, 0.2) is 14.2 Å². The second-order valence-corrected chi connectivity index (χ2v) is 7.96. The molecule has 1 unspecified atom stereocenters. The number of Topliss-reactive ketones (excluding diaryl/α,β-unsaturated/α-hetero) is 1. The molecule has 0 spiro atoms. The molecule has 2 rings (SSSR count). The first-order chi connectivity index (χ1) is 11.3. The Morgan fingerprint density at radius 1 is 1.04 bits per heavy atom. The molecular weight excluding hydrogens is 315 g/mol. The predicted octanol–water partition coefficient (Wildman–Crippen LogP) is 6.03. The maximum atomic E-state index is 13.6. The van der Waals surface area contributed by atoms with Crippen LogP contribution in [0.5, 0.6) is 0 Å². The zero-order valence-electron chi connectivity index (χ0n) is 15.1. The molecule has 0 aliphatic heterocycles. The van der Waals surface area contributed by atoms with Gasteiger partial charge in [-0.3, -0.25) is 9.36 Å². The standard InChI is InChI=1S/C21H25O2P/c1-14(2)13-21(24-23,18-9-7-6-8-10-18)20(22)19-16(4)11-15(3)12-17(19)5/h6-12,14H,13H2,1-5H3. The minimum Gasteiger partial charge on any atom is -0.292 e. The third-order valence-corrected chi connectivity index (χ3v) is 5.35. The molecule has 0 bridgehead atoms. The van der Waals surface area contributed by atoms with Crippen molar-refractivity contribution in [1.29, 1.82) is 0 Å². The average molecular weight is 340 g/mol. The van der Waals surface area contributed by atoms with Crippen molar-refractivity contribution in [2.75, 3.05) is 0 Å². The molecule has 0 aliphatic carbocycles. The molecule has 0 heterocycles. The Kier molecular flexibility index (Phi) is 5.72. The molecule has 0 aliphatic rings. The fraction of sp³-hybridized carbons (Fsp3) is 0.381. The molecule has 3 heteroatoms. The molecule has 24 heavy (non-hydrogen) atoms. The van der Waals surface area contributed by atoms with E-state index in [0.29, 0.717) is 12.0 Å². The second kappa shape index (κ2) is 7.40. The van der Waals surface area contributed by atoms with Gasteiger partial charge in [0.25, 0.3) is 0 Å². The summed E-state index contributed by atoms with van der Waals surface area (Å²) in [6, 6.07) is 13.6. The van der Waals surface area contributed by atoms with Crippen molar-refractivity contribution < 1.29 is 9.36 Å². The first-order valence-corrected chi connectivity index (χ1v) is 9.15. The Hall–Kier alpha value is -1.79. The van der Waals surface area contributed by atoms with E-state index in [2.05, 4.69) is 13.8 Å². The van der Waals surface area contributed by atoms with Crippen molar-refractivity contribution in [1.82, 2.24) is 0 Å². The van der Waals surface area contributed by atoms with Gasteiger partial charge in [-0.1, -0.05) is 61.9 Å². The van der Waals surface area contributed by atoms with Crippen LogP contribution in [0.3, 0.4) is 0 Å². The number of rotatable bonds is 6. The van der Waals surface area contributed by atoms with E-state index < -0.39 is 5.16 Å². The van der Waals surface area contributed by atoms with Crippen LogP contribution in [0.4, 0.5) is 0 Å². The van der Waals surface area contributed by atoms with Crippen LogP contribution in [0.15, 0.2) is 42.5 Å². The summed E-state index contributed by atoms with van der Waals surface area (Å²) < 4.78 is 12.3. The molecule has 1 atom stereocenters. The monoisotopic (exact) mass is 340 g/mol. The Morgan fingerprint density at radius 3 is 2.04 bits per heavy atom. The largest absolute Gasteiger partial charge is 0.292 e. The molecule has 0 fully saturated rings. The predicted molar refractivity (Wildman–Crippen MR) is 100 cm³/mol. The minimum atomic E-state index is -1.03. The molecule has 126 valence electrons. The number of carbonyl (C=O) groups excluding carboxylic acids is 1. The lowest BCUT2D eigenvalue weighted by Gasteiger charge is -2.29. The average Bonchev–Trinajstić information content (AvgIpc) is 2.52. The molecule has 0 amide bonds. The number of carbonyl (C=O) groups is 1. The molecule has 0 saturated carbocycles. The maximum absolute atomic E-state index is 13.6. The van der Waals surface area contributed by atoms with E-state index in [1.165, 1.54) is 0 Å². The van der Waals surface area contributed by atoms with Gasteiger partial charge in [0.2, 0.25) is 0 Å². The van der Waals surface area contributed by atoms with Crippen LogP contribution in [-0.4, -0.2) is 5.78 Å². The zero-order chi connectivity index (χ0) is 17.9. The highest BCUT2D eigenvalue weighted by Gasteiger charge is 2.43. The van der Waals surface area contributed by atoms with Gasteiger partial charge in [-0.2, -0.15) is 0 Å². The summed E-state index contributed by atoms with van der Waals surface area (Å²) in [5, 5.41) is -1.03. The fourth-order valence-corrected chi connectivity index (χ4v) is 4.41. The fourth-order valence-electron chi connectivity index (χ4n) is 3.52. The van der Waals surface area contributed by atoms with Gasteiger partial charge in [0.1, 0.15) is 5.16 Å². The first-order valence-electron chi connectivity index (χ1n) is 8.34. The summed E-state index contributed by atoms with van der Waals surface area (Å²) in [4.78, 5) is 13.6. The zero-order valence-corrected chi connectivity index (χ0v) is 16.0. The van der Waals surface area contributed by atoms with Crippen LogP contribution < -0.4 is 0 Å². The van der Waals surface area contributed by atoms with Crippen molar-refractivity contribution >= 4 is 14.2 Å². The molecule has 2 nitrogen and oxygen atoms in total. The summed E-state index contributed by atoms with van der Waals surface area (Å²) >= 11 is 0. The van der Waals surface area contributed by atoms with Crippen LogP contribution in [0.25, 0.3) is 0 Å². The van der Waals surface area contributed by atoms with Crippen molar-refractivity contribution in [3.8, 4) is 0 Å². The van der Waals surface area contributed by atoms with Crippen molar-refractivity contribution in [3.05, 3.63) is 70.3 Å². The van der Waals surface area contributed by atoms with Crippen LogP contribution in [-0.2, 0) is 9.72 Å². The summed E-state index contributed by atoms with van der Waals surface area (Å²) in [5.41, 5.74) is 4.55. The third kappa shape index (κ3) is 3.49. The normalized spacial score (nSPS) is 13.9. The summed E-state index contributed by atoms with van der Waals surface area (Å²) in [6.07, 6.45) is 0.549. The topological polar surface area (TPSA) is 34.1 Å². The Labute approximate surface area is 146 Å². The Morgan fingerprint density at radius 2 is 1.58 bits per heavy atom. The third-order valence-electron chi connectivity index (χ3n) is 4.39. The molecule has 2 aromatic carbocycles. The van der Waals surface area contributed by atoms with E-state index >= 15 is 0 Å². The summed E-state index contributed by atoms with van der Waals surface area (Å²) in [5.74, 6) is 0.204. The van der Waals surface area contributed by atoms with E-state index in [4.69, 9.17) is 0 Å². The van der Waals surface area contributed by atoms with Gasteiger partial charge in [-0.05, 0) is 49.8 Å². The molecule has 2 aromatic rings. The molecular formula is C21H25O2P. The van der Waals surface area contributed by atoms with Crippen LogP contribution >= 0.6 is 8.46 Å². The van der Waals surface area contributed by atoms with Gasteiger partial charge in [-0.25, -0.2) is 0 Å². The van der Waals surface area contributed by atoms with Gasteiger partial charge >= 0.3 is 0 Å². The molecule has 0 aromatic heterocycles. The van der Waals surface area contributed by atoms with Gasteiger partial charge in [0, 0.05) is 5.56 Å². The number of aryl methyl sites for hydroxylation is 3. The Bertz CT molecular complexity index is 727. The lowest BCUT2D eigenvalue weighted by molar-refractivity contribution is 0.0923. The first kappa shape index (κ1) is 18.5. The van der Waals surface area contributed by atoms with Crippen molar-refractivity contribution in [3.63, 3.8) is 0 Å². The van der Waals surface area contributed by atoms with Crippen LogP contribution in [0, 0.1) is 26.7 Å². The maximum Gasteiger partial charge on any atom is 0.185 e. The quantitative estimate of drug-likeness (QED) is 0.475. The van der Waals surface area contributed by atoms with E-state index in [9.17, 15) is 9.36 Å². The Balaban J connectivity index is 2.68. The summed E-state index contributed by atoms with van der Waals surface area (Å²) in [6.45, 7) is 10.1. The lowest BCUT2D eigenvalue weighted by atomic mass is 9.80. The second-order valence-electron chi connectivity index (χ2n) is 7.02.